The Kier molecular flexibility index (Phi) is 3.32. The summed E-state index contributed by atoms with van der Waals surface area (Å²) in [5, 5.41) is 0.707. The lowest BCUT2D eigenvalue weighted by molar-refractivity contribution is 0.171. The van der Waals surface area contributed by atoms with Crippen LogP contribution in [0.15, 0.2) is 42.5 Å². The van der Waals surface area contributed by atoms with Gasteiger partial charge in [0.1, 0.15) is 13.2 Å². The minimum atomic E-state index is -0.201. The summed E-state index contributed by atoms with van der Waals surface area (Å²) in [5.74, 6) is 1.53. The molecule has 0 aromatic heterocycles. The highest BCUT2D eigenvalue weighted by Gasteiger charge is 2.15. The molecule has 0 amide bonds. The van der Waals surface area contributed by atoms with Gasteiger partial charge in [-0.25, -0.2) is 0 Å². The first-order chi connectivity index (χ1) is 9.24. The van der Waals surface area contributed by atoms with E-state index in [1.165, 1.54) is 0 Å². The largest absolute Gasteiger partial charge is 0.486 e. The lowest BCUT2D eigenvalue weighted by Gasteiger charge is -2.20. The van der Waals surface area contributed by atoms with E-state index in [2.05, 4.69) is 0 Å². The Morgan fingerprint density at radius 1 is 0.895 bits per heavy atom. The third-order valence-electron chi connectivity index (χ3n) is 3.15. The summed E-state index contributed by atoms with van der Waals surface area (Å²) in [6, 6.07) is 13.2. The van der Waals surface area contributed by atoms with Crippen LogP contribution in [0.1, 0.15) is 17.2 Å². The molecule has 3 rings (SSSR count). The molecular weight excluding hydrogens is 262 g/mol. The molecule has 1 atom stereocenters. The number of benzene rings is 2. The second-order valence-corrected chi connectivity index (χ2v) is 4.87. The van der Waals surface area contributed by atoms with Crippen LogP contribution < -0.4 is 15.2 Å². The van der Waals surface area contributed by atoms with Gasteiger partial charge in [-0.15, -0.1) is 0 Å². The van der Waals surface area contributed by atoms with Crippen molar-refractivity contribution in [3.05, 3.63) is 58.6 Å². The topological polar surface area (TPSA) is 44.5 Å². The SMILES string of the molecule is NC(c1ccc(Cl)cc1)c1ccc2c(c1)OCCO2. The molecule has 0 aliphatic carbocycles. The average Bonchev–Trinajstić information content (AvgIpc) is 2.47. The summed E-state index contributed by atoms with van der Waals surface area (Å²) in [5.41, 5.74) is 8.27. The molecule has 3 nitrogen and oxygen atoms in total. The van der Waals surface area contributed by atoms with E-state index < -0.39 is 0 Å². The zero-order valence-electron chi connectivity index (χ0n) is 10.3. The normalized spacial score (nSPS) is 15.1. The Balaban J connectivity index is 1.91. The molecule has 1 heterocycles. The van der Waals surface area contributed by atoms with E-state index in [-0.39, 0.29) is 6.04 Å². The van der Waals surface area contributed by atoms with Gasteiger partial charge in [0.05, 0.1) is 6.04 Å². The summed E-state index contributed by atoms with van der Waals surface area (Å²) in [7, 11) is 0. The Morgan fingerprint density at radius 2 is 1.53 bits per heavy atom. The van der Waals surface area contributed by atoms with Crippen LogP contribution in [-0.2, 0) is 0 Å². The van der Waals surface area contributed by atoms with Crippen molar-refractivity contribution in [2.24, 2.45) is 5.73 Å². The third-order valence-corrected chi connectivity index (χ3v) is 3.41. The van der Waals surface area contributed by atoms with Crippen molar-refractivity contribution in [1.82, 2.24) is 0 Å². The summed E-state index contributed by atoms with van der Waals surface area (Å²) in [4.78, 5) is 0. The highest BCUT2D eigenvalue weighted by Crippen LogP contribution is 2.33. The Morgan fingerprint density at radius 3 is 2.26 bits per heavy atom. The van der Waals surface area contributed by atoms with E-state index in [4.69, 9.17) is 26.8 Å². The van der Waals surface area contributed by atoms with Gasteiger partial charge >= 0.3 is 0 Å². The van der Waals surface area contributed by atoms with Gasteiger partial charge in [0.2, 0.25) is 0 Å². The molecule has 0 bridgehead atoms. The molecule has 0 saturated heterocycles. The number of hydrogen-bond donors (Lipinski definition) is 1. The van der Waals surface area contributed by atoms with Crippen molar-refractivity contribution in [2.45, 2.75) is 6.04 Å². The summed E-state index contributed by atoms with van der Waals surface area (Å²) < 4.78 is 11.1. The summed E-state index contributed by atoms with van der Waals surface area (Å²) >= 11 is 5.88. The summed E-state index contributed by atoms with van der Waals surface area (Å²) in [6.45, 7) is 1.17. The number of halogens is 1. The van der Waals surface area contributed by atoms with Gasteiger partial charge in [0.25, 0.3) is 0 Å². The van der Waals surface area contributed by atoms with Gasteiger partial charge in [-0.2, -0.15) is 0 Å². The molecule has 1 aliphatic rings. The Labute approximate surface area is 116 Å². The zero-order valence-corrected chi connectivity index (χ0v) is 11.1. The van der Waals surface area contributed by atoms with Crippen molar-refractivity contribution in [2.75, 3.05) is 13.2 Å². The number of nitrogens with two attached hydrogens (primary N) is 1. The standard InChI is InChI=1S/C15H14ClNO2/c16-12-4-1-10(2-5-12)15(17)11-3-6-13-14(9-11)19-8-7-18-13/h1-6,9,15H,7-8,17H2. The molecule has 0 radical (unpaired) electrons. The predicted molar refractivity (Wildman–Crippen MR) is 74.9 cm³/mol. The number of rotatable bonds is 2. The van der Waals surface area contributed by atoms with Crippen LogP contribution in [0, 0.1) is 0 Å². The van der Waals surface area contributed by atoms with Crippen LogP contribution in [0.5, 0.6) is 11.5 Å². The molecular formula is C15H14ClNO2. The van der Waals surface area contributed by atoms with E-state index in [9.17, 15) is 0 Å². The smallest absolute Gasteiger partial charge is 0.161 e. The quantitative estimate of drug-likeness (QED) is 0.916. The maximum atomic E-state index is 6.26. The van der Waals surface area contributed by atoms with Crippen molar-refractivity contribution < 1.29 is 9.47 Å². The molecule has 98 valence electrons. The fourth-order valence-electron chi connectivity index (χ4n) is 2.12. The van der Waals surface area contributed by atoms with Gasteiger partial charge in [-0.05, 0) is 35.4 Å². The maximum Gasteiger partial charge on any atom is 0.161 e. The van der Waals surface area contributed by atoms with Crippen LogP contribution in [0.3, 0.4) is 0 Å². The van der Waals surface area contributed by atoms with Gasteiger partial charge in [-0.1, -0.05) is 29.8 Å². The molecule has 1 unspecified atom stereocenters. The van der Waals surface area contributed by atoms with Crippen LogP contribution in [0.25, 0.3) is 0 Å². The molecule has 0 saturated carbocycles. The second kappa shape index (κ2) is 5.11. The molecule has 2 N–H and O–H groups in total. The van der Waals surface area contributed by atoms with Crippen molar-refractivity contribution in [1.29, 1.82) is 0 Å². The maximum absolute atomic E-state index is 6.26. The highest BCUT2D eigenvalue weighted by molar-refractivity contribution is 6.30. The molecule has 2 aromatic rings. The monoisotopic (exact) mass is 275 g/mol. The fraction of sp³-hybridized carbons (Fsp3) is 0.200. The second-order valence-electron chi connectivity index (χ2n) is 4.43. The van der Waals surface area contributed by atoms with Gasteiger partial charge in [0, 0.05) is 5.02 Å². The van der Waals surface area contributed by atoms with E-state index in [0.717, 1.165) is 22.6 Å². The fourth-order valence-corrected chi connectivity index (χ4v) is 2.24. The van der Waals surface area contributed by atoms with E-state index >= 15 is 0 Å². The van der Waals surface area contributed by atoms with Crippen LogP contribution >= 0.6 is 11.6 Å². The lowest BCUT2D eigenvalue weighted by atomic mass is 9.99. The minimum Gasteiger partial charge on any atom is -0.486 e. The van der Waals surface area contributed by atoms with Gasteiger partial charge in [0.15, 0.2) is 11.5 Å². The van der Waals surface area contributed by atoms with E-state index in [1.54, 1.807) is 0 Å². The molecule has 19 heavy (non-hydrogen) atoms. The van der Waals surface area contributed by atoms with Gasteiger partial charge < -0.3 is 15.2 Å². The number of hydrogen-bond acceptors (Lipinski definition) is 3. The van der Waals surface area contributed by atoms with Crippen molar-refractivity contribution in [3.8, 4) is 11.5 Å². The minimum absolute atomic E-state index is 0.201. The van der Waals surface area contributed by atoms with Crippen LogP contribution in [0.2, 0.25) is 5.02 Å². The Hall–Kier alpha value is -1.71. The first-order valence-electron chi connectivity index (χ1n) is 6.14. The average molecular weight is 276 g/mol. The molecule has 2 aromatic carbocycles. The predicted octanol–water partition coefficient (Wildman–Crippen LogP) is 3.16. The van der Waals surface area contributed by atoms with Crippen LogP contribution in [0.4, 0.5) is 0 Å². The Bertz CT molecular complexity index is 583. The zero-order chi connectivity index (χ0) is 13.2. The van der Waals surface area contributed by atoms with E-state index in [0.29, 0.717) is 18.2 Å². The number of fused-ring (bicyclic) bond motifs is 1. The van der Waals surface area contributed by atoms with E-state index in [1.807, 2.05) is 42.5 Å². The first-order valence-corrected chi connectivity index (χ1v) is 6.52. The van der Waals surface area contributed by atoms with Gasteiger partial charge in [-0.3, -0.25) is 0 Å². The lowest BCUT2D eigenvalue weighted by Crippen LogP contribution is -2.17. The first kappa shape index (κ1) is 12.3. The molecule has 4 heteroatoms. The molecule has 1 aliphatic heterocycles. The van der Waals surface area contributed by atoms with Crippen LogP contribution in [-0.4, -0.2) is 13.2 Å². The van der Waals surface area contributed by atoms with Crippen molar-refractivity contribution >= 4 is 11.6 Å². The third kappa shape index (κ3) is 2.53. The number of ether oxygens (including phenoxy) is 2. The summed E-state index contributed by atoms with van der Waals surface area (Å²) in [6.07, 6.45) is 0. The van der Waals surface area contributed by atoms with Crippen molar-refractivity contribution in [3.63, 3.8) is 0 Å². The molecule has 0 spiro atoms. The molecule has 0 fully saturated rings. The highest BCUT2D eigenvalue weighted by atomic mass is 35.5.